The topological polar surface area (TPSA) is 120 Å². The molecule has 1 amide bonds. The number of nitrogens with one attached hydrogen (secondary N) is 3. The number of amidine groups is 1. The first kappa shape index (κ1) is 37.3. The number of carbonyl (C=O) groups excluding carboxylic acids is 1. The minimum Gasteiger partial charge on any atom is -0.325 e. The maximum absolute atomic E-state index is 13.2. The van der Waals surface area contributed by atoms with E-state index in [-0.39, 0.29) is 29.6 Å². The molecule has 0 aliphatic rings. The molecule has 3 aromatic carbocycles. The summed E-state index contributed by atoms with van der Waals surface area (Å²) in [5.41, 5.74) is 11.7. The van der Waals surface area contributed by atoms with Crippen molar-refractivity contribution in [2.75, 3.05) is 12.0 Å². The third-order valence-electron chi connectivity index (χ3n) is 6.01. The first-order valence-corrected chi connectivity index (χ1v) is 17.1. The largest absolute Gasteiger partial charge is 0.335 e. The zero-order valence-electron chi connectivity index (χ0n) is 28.6. The van der Waals surface area contributed by atoms with Crippen molar-refractivity contribution < 1.29 is 18.4 Å². The lowest BCUT2D eigenvalue weighted by molar-refractivity contribution is -0.115. The summed E-state index contributed by atoms with van der Waals surface area (Å²) in [5.74, 6) is -0.134. The Hall–Kier alpha value is -3.14. The van der Waals surface area contributed by atoms with Gasteiger partial charge < -0.3 is 14.4 Å². The summed E-state index contributed by atoms with van der Waals surface area (Å²) in [5, 5.41) is 16.9. The molecular weight excluding hydrogens is 617 g/mol. The van der Waals surface area contributed by atoms with Crippen molar-refractivity contribution in [3.63, 3.8) is 0 Å². The number of aryl methyl sites for hydroxylation is 1. The van der Waals surface area contributed by atoms with Crippen LogP contribution in [0, 0.1) is 17.9 Å². The molecule has 3 rings (SSSR count). The molecule has 0 spiro atoms. The van der Waals surface area contributed by atoms with Gasteiger partial charge in [-0.3, -0.25) is 14.7 Å². The normalized spacial score (nSPS) is 12.2. The molecule has 0 heterocycles. The van der Waals surface area contributed by atoms with Gasteiger partial charge in [-0.25, -0.2) is 5.01 Å². The lowest BCUT2D eigenvalue weighted by atomic mass is 9.98. The summed E-state index contributed by atoms with van der Waals surface area (Å²) in [7, 11) is -1.79. The molecule has 3 N–H and O–H groups in total. The molecule has 248 valence electrons. The number of nitrogens with zero attached hydrogens (tertiary/aromatic N) is 2. The van der Waals surface area contributed by atoms with Crippen LogP contribution in [0.2, 0.25) is 0 Å². The maximum Gasteiger partial charge on any atom is 0.335 e. The Balaban J connectivity index is 1.91. The highest BCUT2D eigenvalue weighted by molar-refractivity contribution is 8.00. The number of carbonyl (C=O) groups is 1. The Kier molecular flexibility index (Phi) is 12.7. The molecule has 0 aliphatic carbocycles. The van der Waals surface area contributed by atoms with E-state index in [9.17, 15) is 4.79 Å². The minimum absolute atomic E-state index is 0.0230. The SMILES string of the molecule is Cc1ccc(CC(=O)Nc2cc(-c3ccccc3C(=N)N(COP(OC(C)(C)C)OC(C)(C)C)N=N)ccc2SC(C)(C)C)cc1. The van der Waals surface area contributed by atoms with E-state index in [1.165, 1.54) is 0 Å². The third kappa shape index (κ3) is 12.2. The Morgan fingerprint density at radius 3 is 2.09 bits per heavy atom. The van der Waals surface area contributed by atoms with Gasteiger partial charge in [0.15, 0.2) is 12.6 Å². The minimum atomic E-state index is -1.79. The van der Waals surface area contributed by atoms with Crippen LogP contribution in [-0.4, -0.2) is 39.4 Å². The van der Waals surface area contributed by atoms with Crippen LogP contribution in [0.4, 0.5) is 5.69 Å². The number of benzene rings is 3. The molecule has 3 aromatic rings. The van der Waals surface area contributed by atoms with Crippen LogP contribution in [0.5, 0.6) is 0 Å². The fraction of sp³-hybridized carbons (Fsp3) is 0.429. The zero-order valence-corrected chi connectivity index (χ0v) is 30.4. The highest BCUT2D eigenvalue weighted by Crippen LogP contribution is 2.47. The van der Waals surface area contributed by atoms with Gasteiger partial charge in [0.25, 0.3) is 0 Å². The van der Waals surface area contributed by atoms with Gasteiger partial charge in [-0.1, -0.05) is 86.2 Å². The highest BCUT2D eigenvalue weighted by Gasteiger charge is 2.29. The molecule has 0 atom stereocenters. The summed E-state index contributed by atoms with van der Waals surface area (Å²) < 4.78 is 17.9. The van der Waals surface area contributed by atoms with Crippen LogP contribution in [0.15, 0.2) is 76.8 Å². The molecule has 0 aliphatic heterocycles. The lowest BCUT2D eigenvalue weighted by Gasteiger charge is -2.31. The molecule has 0 saturated heterocycles. The van der Waals surface area contributed by atoms with Gasteiger partial charge in [-0.2, -0.15) is 5.53 Å². The van der Waals surface area contributed by atoms with Gasteiger partial charge in [0.2, 0.25) is 5.91 Å². The van der Waals surface area contributed by atoms with E-state index in [0.29, 0.717) is 11.3 Å². The van der Waals surface area contributed by atoms with E-state index in [1.807, 2.05) is 115 Å². The van der Waals surface area contributed by atoms with Crippen molar-refractivity contribution in [3.8, 4) is 11.1 Å². The van der Waals surface area contributed by atoms with Gasteiger partial charge in [0.05, 0.1) is 23.3 Å². The fourth-order valence-electron chi connectivity index (χ4n) is 4.14. The Bertz CT molecular complexity index is 1500. The van der Waals surface area contributed by atoms with Gasteiger partial charge in [0, 0.05) is 15.2 Å². The van der Waals surface area contributed by atoms with Gasteiger partial charge in [-0.05, 0) is 77.3 Å². The predicted octanol–water partition coefficient (Wildman–Crippen LogP) is 10.1. The van der Waals surface area contributed by atoms with Crippen LogP contribution >= 0.6 is 20.4 Å². The van der Waals surface area contributed by atoms with Crippen LogP contribution in [0.1, 0.15) is 79.0 Å². The smallest absolute Gasteiger partial charge is 0.325 e. The number of hydrogen-bond acceptors (Lipinski definition) is 8. The first-order valence-electron chi connectivity index (χ1n) is 15.2. The number of hydrogen-bond donors (Lipinski definition) is 3. The van der Waals surface area contributed by atoms with E-state index in [4.69, 9.17) is 24.5 Å². The number of amides is 1. The summed E-state index contributed by atoms with van der Waals surface area (Å²) in [4.78, 5) is 14.2. The number of anilines is 1. The second-order valence-electron chi connectivity index (χ2n) is 13.9. The van der Waals surface area contributed by atoms with Gasteiger partial charge in [-0.15, -0.1) is 11.8 Å². The molecule has 9 nitrogen and oxygen atoms in total. The molecule has 0 aromatic heterocycles. The van der Waals surface area contributed by atoms with E-state index in [2.05, 4.69) is 31.3 Å². The van der Waals surface area contributed by atoms with Crippen molar-refractivity contribution in [2.45, 2.75) is 96.5 Å². The monoisotopic (exact) mass is 665 g/mol. The van der Waals surface area contributed by atoms with Crippen LogP contribution < -0.4 is 5.32 Å². The Labute approximate surface area is 279 Å². The van der Waals surface area contributed by atoms with Crippen molar-refractivity contribution in [1.82, 2.24) is 5.01 Å². The first-order chi connectivity index (χ1) is 21.3. The van der Waals surface area contributed by atoms with Crippen molar-refractivity contribution >= 4 is 37.8 Å². The Morgan fingerprint density at radius 1 is 0.913 bits per heavy atom. The Morgan fingerprint density at radius 2 is 1.52 bits per heavy atom. The lowest BCUT2D eigenvalue weighted by Crippen LogP contribution is -2.29. The van der Waals surface area contributed by atoms with E-state index >= 15 is 0 Å². The number of rotatable bonds is 12. The van der Waals surface area contributed by atoms with E-state index in [1.54, 1.807) is 11.8 Å². The molecule has 0 saturated carbocycles. The second-order valence-corrected chi connectivity index (χ2v) is 16.9. The summed E-state index contributed by atoms with van der Waals surface area (Å²) in [6, 6.07) is 21.3. The standard InChI is InChI=1S/C35H48N5O4PS/c1-24-15-17-25(18-16-24)21-31(41)38-29-22-26(19-20-30(29)46-35(8,9)10)27-13-11-12-14-28(27)32(36)40(39-37)23-42-45(43-33(2,3)4)44-34(5,6)7/h11-20,22,36-37H,21,23H2,1-10H3,(H,38,41). The molecule has 0 fully saturated rings. The molecule has 0 radical (unpaired) electrons. The second kappa shape index (κ2) is 15.6. The molecule has 46 heavy (non-hydrogen) atoms. The molecule has 0 unspecified atom stereocenters. The summed E-state index contributed by atoms with van der Waals surface area (Å²) in [6.45, 7) is 19.7. The van der Waals surface area contributed by atoms with Gasteiger partial charge >= 0.3 is 8.60 Å². The van der Waals surface area contributed by atoms with Crippen molar-refractivity contribution in [3.05, 3.63) is 83.4 Å². The van der Waals surface area contributed by atoms with Crippen LogP contribution in [-0.2, 0) is 24.8 Å². The van der Waals surface area contributed by atoms with E-state index in [0.717, 1.165) is 32.2 Å². The van der Waals surface area contributed by atoms with Gasteiger partial charge in [0.1, 0.15) is 0 Å². The van der Waals surface area contributed by atoms with Crippen molar-refractivity contribution in [1.29, 1.82) is 10.9 Å². The molecule has 11 heteroatoms. The van der Waals surface area contributed by atoms with Crippen LogP contribution in [0.3, 0.4) is 0 Å². The number of thioether (sulfide) groups is 1. The fourth-order valence-corrected chi connectivity index (χ4v) is 6.40. The van der Waals surface area contributed by atoms with Crippen molar-refractivity contribution in [2.24, 2.45) is 5.22 Å². The summed E-state index contributed by atoms with van der Waals surface area (Å²) in [6.07, 6.45) is 0.256. The average Bonchev–Trinajstić information content (AvgIpc) is 2.93. The molecular formula is C35H48N5O4PS. The highest BCUT2D eigenvalue weighted by atomic mass is 32.2. The van der Waals surface area contributed by atoms with E-state index < -0.39 is 19.8 Å². The average molecular weight is 666 g/mol. The zero-order chi connectivity index (χ0) is 34.3. The van der Waals surface area contributed by atoms with Crippen LogP contribution in [0.25, 0.3) is 11.1 Å². The third-order valence-corrected chi connectivity index (χ3v) is 8.92. The summed E-state index contributed by atoms with van der Waals surface area (Å²) >= 11 is 1.67. The maximum atomic E-state index is 13.2. The quantitative estimate of drug-likeness (QED) is 0.0337. The predicted molar refractivity (Wildman–Crippen MR) is 189 cm³/mol. The molecule has 0 bridgehead atoms.